The Morgan fingerprint density at radius 1 is 0.818 bits per heavy atom. The number of halogens is 5. The average Bonchev–Trinajstić information content (AvgIpc) is 2.39. The van der Waals surface area contributed by atoms with E-state index < -0.39 is 59.8 Å². The maximum absolute atomic E-state index is 13.4. The van der Waals surface area contributed by atoms with Crippen molar-refractivity contribution in [3.05, 3.63) is 29.1 Å². The first kappa shape index (κ1) is 18.8. The Hall–Kier alpha value is -1.27. The molecule has 1 aromatic carbocycles. The molecule has 0 aliphatic rings. The van der Waals surface area contributed by atoms with E-state index in [1.807, 2.05) is 0 Å². The van der Waals surface area contributed by atoms with Gasteiger partial charge >= 0.3 is 0 Å². The molecule has 0 saturated heterocycles. The molecule has 1 rings (SSSR count). The summed E-state index contributed by atoms with van der Waals surface area (Å²) in [6, 6.07) is 0. The van der Waals surface area contributed by atoms with Crippen molar-refractivity contribution in [1.29, 1.82) is 0 Å². The predicted molar refractivity (Wildman–Crippen MR) is 65.2 cm³/mol. The highest BCUT2D eigenvalue weighted by Crippen LogP contribution is 2.26. The van der Waals surface area contributed by atoms with Crippen molar-refractivity contribution in [3.63, 3.8) is 0 Å². The molecule has 1 aromatic rings. The van der Waals surface area contributed by atoms with Crippen molar-refractivity contribution >= 4 is 20.0 Å². The molecule has 0 aromatic heterocycles. The number of unbranched alkanes of at least 4 members (excludes halogenated alkanes) is 1. The van der Waals surface area contributed by atoms with Crippen LogP contribution in [0, 0.1) is 29.1 Å². The highest BCUT2D eigenvalue weighted by molar-refractivity contribution is 8.04. The fourth-order valence-electron chi connectivity index (χ4n) is 1.41. The molecule has 0 aliphatic heterocycles. The lowest BCUT2D eigenvalue weighted by Crippen LogP contribution is -2.34. The minimum Gasteiger partial charge on any atom is -0.211 e. The van der Waals surface area contributed by atoms with Crippen LogP contribution < -0.4 is 4.13 Å². The molecule has 12 heteroatoms. The van der Waals surface area contributed by atoms with Gasteiger partial charge in [-0.3, -0.25) is 0 Å². The summed E-state index contributed by atoms with van der Waals surface area (Å²) in [5, 5.41) is 0. The van der Waals surface area contributed by atoms with Crippen LogP contribution in [0.15, 0.2) is 4.90 Å². The van der Waals surface area contributed by atoms with Gasteiger partial charge in [-0.05, 0) is 6.42 Å². The van der Waals surface area contributed by atoms with Gasteiger partial charge in [0.2, 0.25) is 15.8 Å². The van der Waals surface area contributed by atoms with Crippen LogP contribution in [0.2, 0.25) is 0 Å². The highest BCUT2D eigenvalue weighted by atomic mass is 32.3. The summed E-state index contributed by atoms with van der Waals surface area (Å²) in [6.45, 7) is 1.59. The molecule has 1 N–H and O–H groups in total. The van der Waals surface area contributed by atoms with Crippen LogP contribution in [-0.2, 0) is 20.0 Å². The van der Waals surface area contributed by atoms with Crippen molar-refractivity contribution in [2.75, 3.05) is 5.75 Å². The van der Waals surface area contributed by atoms with Gasteiger partial charge in [0, 0.05) is 0 Å². The molecule has 0 aliphatic carbocycles. The number of sulfonamides is 2. The minimum absolute atomic E-state index is 0.0297. The average molecular weight is 367 g/mol. The molecule has 0 heterocycles. The third-order valence-electron chi connectivity index (χ3n) is 2.44. The zero-order valence-electron chi connectivity index (χ0n) is 11.0. The van der Waals surface area contributed by atoms with E-state index in [0.717, 1.165) is 4.13 Å². The first-order valence-corrected chi connectivity index (χ1v) is 8.86. The lowest BCUT2D eigenvalue weighted by Gasteiger charge is -2.10. The van der Waals surface area contributed by atoms with Crippen LogP contribution in [0.25, 0.3) is 0 Å². The van der Waals surface area contributed by atoms with E-state index in [2.05, 4.69) is 0 Å². The predicted octanol–water partition coefficient (Wildman–Crippen LogP) is 1.79. The number of nitrogens with one attached hydrogen (secondary N) is 1. The lowest BCUT2D eigenvalue weighted by atomic mass is 10.3. The lowest BCUT2D eigenvalue weighted by molar-refractivity contribution is 0.357. The summed E-state index contributed by atoms with van der Waals surface area (Å²) in [7, 11) is -10.0. The zero-order chi connectivity index (χ0) is 17.3. The van der Waals surface area contributed by atoms with Crippen LogP contribution in [0.1, 0.15) is 19.8 Å². The molecule has 22 heavy (non-hydrogen) atoms. The second kappa shape index (κ2) is 6.46. The van der Waals surface area contributed by atoms with E-state index in [1.165, 1.54) is 0 Å². The quantitative estimate of drug-likeness (QED) is 0.472. The Balaban J connectivity index is 3.43. The molecule has 0 fully saturated rings. The van der Waals surface area contributed by atoms with Gasteiger partial charge in [-0.15, -0.1) is 4.13 Å². The van der Waals surface area contributed by atoms with Gasteiger partial charge in [0.05, 0.1) is 5.75 Å². The normalized spacial score (nSPS) is 12.6. The molecule has 5 nitrogen and oxygen atoms in total. The number of hydrogen-bond acceptors (Lipinski definition) is 4. The Bertz CT molecular complexity index is 763. The van der Waals surface area contributed by atoms with E-state index in [0.29, 0.717) is 6.42 Å². The molecule has 0 spiro atoms. The van der Waals surface area contributed by atoms with Crippen LogP contribution >= 0.6 is 0 Å². The maximum atomic E-state index is 13.4. The van der Waals surface area contributed by atoms with Gasteiger partial charge < -0.3 is 0 Å². The minimum atomic E-state index is -5.51. The third kappa shape index (κ3) is 3.73. The van der Waals surface area contributed by atoms with Crippen molar-refractivity contribution in [1.82, 2.24) is 4.13 Å². The zero-order valence-corrected chi connectivity index (χ0v) is 12.6. The van der Waals surface area contributed by atoms with E-state index in [-0.39, 0.29) is 6.42 Å². The summed E-state index contributed by atoms with van der Waals surface area (Å²) < 4.78 is 113. The number of hydrogen-bond donors (Lipinski definition) is 1. The molecular weight excluding hydrogens is 357 g/mol. The van der Waals surface area contributed by atoms with Crippen molar-refractivity contribution < 1.29 is 38.8 Å². The van der Waals surface area contributed by atoms with E-state index >= 15 is 0 Å². The van der Waals surface area contributed by atoms with Crippen LogP contribution in [-0.4, -0.2) is 22.6 Å². The van der Waals surface area contributed by atoms with Gasteiger partial charge in [-0.2, -0.15) is 0 Å². The first-order valence-electron chi connectivity index (χ1n) is 5.72. The number of benzene rings is 1. The van der Waals surface area contributed by atoms with Crippen molar-refractivity contribution in [2.45, 2.75) is 24.7 Å². The van der Waals surface area contributed by atoms with Gasteiger partial charge in [0.1, 0.15) is 0 Å². The SMILES string of the molecule is CCCCS(=O)(=O)NS(=O)(=O)c1c(F)c(F)c(F)c(F)c1F. The van der Waals surface area contributed by atoms with Crippen LogP contribution in [0.4, 0.5) is 22.0 Å². The van der Waals surface area contributed by atoms with E-state index in [1.54, 1.807) is 6.92 Å². The molecule has 0 amide bonds. The van der Waals surface area contributed by atoms with E-state index in [9.17, 15) is 38.8 Å². The molecule has 0 saturated carbocycles. The van der Waals surface area contributed by atoms with E-state index in [4.69, 9.17) is 0 Å². The van der Waals surface area contributed by atoms with Gasteiger partial charge in [-0.25, -0.2) is 38.8 Å². The second-order valence-corrected chi connectivity index (χ2v) is 7.88. The monoisotopic (exact) mass is 367 g/mol. The highest BCUT2D eigenvalue weighted by Gasteiger charge is 2.35. The van der Waals surface area contributed by atoms with Gasteiger partial charge in [0.25, 0.3) is 10.0 Å². The van der Waals surface area contributed by atoms with Gasteiger partial charge in [0.15, 0.2) is 28.2 Å². The summed E-state index contributed by atoms with van der Waals surface area (Å²) in [6.07, 6.45) is 0.394. The maximum Gasteiger partial charge on any atom is 0.259 e. The molecule has 0 radical (unpaired) electrons. The fraction of sp³-hybridized carbons (Fsp3) is 0.400. The molecule has 0 atom stereocenters. The number of rotatable bonds is 6. The molecule has 0 unspecified atom stereocenters. The second-order valence-electron chi connectivity index (χ2n) is 4.16. The van der Waals surface area contributed by atoms with Crippen molar-refractivity contribution in [3.8, 4) is 0 Å². The fourth-order valence-corrected chi connectivity index (χ4v) is 4.73. The van der Waals surface area contributed by atoms with Crippen molar-refractivity contribution in [2.24, 2.45) is 0 Å². The Labute approximate surface area is 123 Å². The molecule has 126 valence electrons. The largest absolute Gasteiger partial charge is 0.259 e. The summed E-state index contributed by atoms with van der Waals surface area (Å²) >= 11 is 0. The summed E-state index contributed by atoms with van der Waals surface area (Å²) in [5.74, 6) is -13.5. The first-order chi connectivity index (χ1) is 9.94. The summed E-state index contributed by atoms with van der Waals surface area (Å²) in [4.78, 5) is -2.25. The van der Waals surface area contributed by atoms with Crippen LogP contribution in [0.3, 0.4) is 0 Å². The van der Waals surface area contributed by atoms with Crippen LogP contribution in [0.5, 0.6) is 0 Å². The molecule has 0 bridgehead atoms. The van der Waals surface area contributed by atoms with Gasteiger partial charge in [-0.1, -0.05) is 13.3 Å². The smallest absolute Gasteiger partial charge is 0.211 e. The standard InChI is InChI=1S/C10H10F5NO4S2/c1-2-3-4-21(17,18)16-22(19,20)10-8(14)6(12)5(11)7(13)9(10)15/h16H,2-4H2,1H3. The summed E-state index contributed by atoms with van der Waals surface area (Å²) in [5.41, 5.74) is 0. The Morgan fingerprint density at radius 2 is 1.23 bits per heavy atom. The Kier molecular flexibility index (Phi) is 5.51. The molecular formula is C10H10F5NO4S2. The Morgan fingerprint density at radius 3 is 1.64 bits per heavy atom. The third-order valence-corrected chi connectivity index (χ3v) is 6.06. The topological polar surface area (TPSA) is 80.3 Å².